The Kier molecular flexibility index (Phi) is 4.59. The maximum Gasteiger partial charge on any atom is 0.240 e. The summed E-state index contributed by atoms with van der Waals surface area (Å²) in [5, 5.41) is 9.45. The fourth-order valence-corrected chi connectivity index (χ4v) is 4.67. The Labute approximate surface area is 165 Å². The average Bonchev–Trinajstić information content (AvgIpc) is 3.14. The van der Waals surface area contributed by atoms with Crippen molar-refractivity contribution in [1.82, 2.24) is 14.6 Å². The molecular weight excluding hydrogens is 391 g/mol. The molecule has 2 atom stereocenters. The van der Waals surface area contributed by atoms with Crippen molar-refractivity contribution < 1.29 is 4.79 Å². The lowest BCUT2D eigenvalue weighted by molar-refractivity contribution is -0.118. The highest BCUT2D eigenvalue weighted by Gasteiger charge is 2.33. The van der Waals surface area contributed by atoms with Gasteiger partial charge < -0.3 is 4.90 Å². The van der Waals surface area contributed by atoms with Gasteiger partial charge in [0.05, 0.1) is 15.3 Å². The lowest BCUT2D eigenvalue weighted by atomic mass is 10.1. The van der Waals surface area contributed by atoms with Gasteiger partial charge in [0.2, 0.25) is 5.91 Å². The summed E-state index contributed by atoms with van der Waals surface area (Å²) >= 11 is 13.6. The van der Waals surface area contributed by atoms with Crippen LogP contribution in [0.15, 0.2) is 41.7 Å². The standard InChI is InChI=1S/C18H16Cl2N4OS/c1-10-7-12-5-3-4-6-15(12)24(10)17(25)11(2)26-18-22-21-16-14(20)8-13(19)9-23(16)18/h3-6,8-11H,7H2,1-2H3/t10-,11+/m1/s1. The number of nitrogens with zero attached hydrogens (tertiary/aromatic N) is 4. The minimum Gasteiger partial charge on any atom is -0.308 e. The second-order valence-electron chi connectivity index (χ2n) is 6.33. The summed E-state index contributed by atoms with van der Waals surface area (Å²) < 4.78 is 1.72. The van der Waals surface area contributed by atoms with Crippen molar-refractivity contribution in [3.05, 3.63) is 52.1 Å². The van der Waals surface area contributed by atoms with E-state index in [4.69, 9.17) is 23.2 Å². The molecule has 0 saturated carbocycles. The van der Waals surface area contributed by atoms with Crippen molar-refractivity contribution >= 4 is 52.2 Å². The zero-order chi connectivity index (χ0) is 18.4. The number of hydrogen-bond acceptors (Lipinski definition) is 4. The van der Waals surface area contributed by atoms with Gasteiger partial charge in [-0.2, -0.15) is 0 Å². The van der Waals surface area contributed by atoms with Gasteiger partial charge in [0, 0.05) is 17.9 Å². The third-order valence-electron chi connectivity index (χ3n) is 4.47. The molecule has 0 N–H and O–H groups in total. The van der Waals surface area contributed by atoms with Crippen molar-refractivity contribution in [2.45, 2.75) is 36.7 Å². The van der Waals surface area contributed by atoms with E-state index in [0.29, 0.717) is 20.8 Å². The van der Waals surface area contributed by atoms with Gasteiger partial charge in [-0.15, -0.1) is 10.2 Å². The number of benzene rings is 1. The number of amides is 1. The molecule has 0 radical (unpaired) electrons. The number of thioether (sulfide) groups is 1. The Bertz CT molecular complexity index is 1010. The Morgan fingerprint density at radius 1 is 1.31 bits per heavy atom. The zero-order valence-corrected chi connectivity index (χ0v) is 16.5. The molecule has 0 fully saturated rings. The number of halogens is 2. The van der Waals surface area contributed by atoms with E-state index < -0.39 is 0 Å². The van der Waals surface area contributed by atoms with Crippen LogP contribution in [0.3, 0.4) is 0 Å². The van der Waals surface area contributed by atoms with E-state index in [0.717, 1.165) is 12.1 Å². The highest BCUT2D eigenvalue weighted by atomic mass is 35.5. The number of carbonyl (C=O) groups is 1. The summed E-state index contributed by atoms with van der Waals surface area (Å²) in [6.07, 6.45) is 2.58. The van der Waals surface area contributed by atoms with Crippen molar-refractivity contribution in [2.24, 2.45) is 0 Å². The predicted octanol–water partition coefficient (Wildman–Crippen LogP) is 4.49. The lowest BCUT2D eigenvalue weighted by Crippen LogP contribution is -2.40. The molecule has 26 heavy (non-hydrogen) atoms. The second-order valence-corrected chi connectivity index (χ2v) is 8.48. The molecule has 2 aromatic heterocycles. The van der Waals surface area contributed by atoms with Gasteiger partial charge in [0.25, 0.3) is 0 Å². The van der Waals surface area contributed by atoms with Gasteiger partial charge in [-0.05, 0) is 38.0 Å². The molecule has 1 aromatic carbocycles. The van der Waals surface area contributed by atoms with Crippen LogP contribution < -0.4 is 4.90 Å². The third kappa shape index (κ3) is 2.96. The molecule has 0 bridgehead atoms. The van der Waals surface area contributed by atoms with Crippen LogP contribution in [0, 0.1) is 0 Å². The zero-order valence-electron chi connectivity index (χ0n) is 14.2. The molecule has 1 amide bonds. The first-order valence-corrected chi connectivity index (χ1v) is 9.86. The van der Waals surface area contributed by atoms with Crippen LogP contribution in [0.1, 0.15) is 19.4 Å². The van der Waals surface area contributed by atoms with E-state index in [1.807, 2.05) is 30.0 Å². The first-order chi connectivity index (χ1) is 12.5. The normalized spacial score (nSPS) is 17.5. The molecule has 3 aromatic rings. The van der Waals surface area contributed by atoms with E-state index in [1.54, 1.807) is 16.7 Å². The van der Waals surface area contributed by atoms with Crippen molar-refractivity contribution in [1.29, 1.82) is 0 Å². The summed E-state index contributed by atoms with van der Waals surface area (Å²) in [5.41, 5.74) is 2.73. The first kappa shape index (κ1) is 17.6. The lowest BCUT2D eigenvalue weighted by Gasteiger charge is -2.25. The predicted molar refractivity (Wildman–Crippen MR) is 105 cm³/mol. The van der Waals surface area contributed by atoms with E-state index >= 15 is 0 Å². The number of para-hydroxylation sites is 1. The van der Waals surface area contributed by atoms with Gasteiger partial charge in [-0.3, -0.25) is 9.20 Å². The molecule has 1 aliphatic rings. The van der Waals surface area contributed by atoms with E-state index in [9.17, 15) is 4.79 Å². The summed E-state index contributed by atoms with van der Waals surface area (Å²) in [4.78, 5) is 15.0. The van der Waals surface area contributed by atoms with E-state index in [2.05, 4.69) is 23.2 Å². The van der Waals surface area contributed by atoms with Crippen LogP contribution in [-0.4, -0.2) is 31.8 Å². The third-order valence-corrected chi connectivity index (χ3v) is 6.00. The Hall–Kier alpha value is -1.76. The summed E-state index contributed by atoms with van der Waals surface area (Å²) in [6, 6.07) is 9.81. The topological polar surface area (TPSA) is 50.5 Å². The summed E-state index contributed by atoms with van der Waals surface area (Å²) in [7, 11) is 0. The van der Waals surface area contributed by atoms with Crippen LogP contribution in [0.5, 0.6) is 0 Å². The molecule has 1 aliphatic heterocycles. The number of aromatic nitrogens is 3. The monoisotopic (exact) mass is 406 g/mol. The molecule has 0 saturated heterocycles. The number of carbonyl (C=O) groups excluding carboxylic acids is 1. The molecule has 0 spiro atoms. The number of pyridine rings is 1. The Balaban J connectivity index is 1.61. The van der Waals surface area contributed by atoms with Crippen LogP contribution in [0.25, 0.3) is 5.65 Å². The highest BCUT2D eigenvalue weighted by molar-refractivity contribution is 8.00. The van der Waals surface area contributed by atoms with Gasteiger partial charge in [-0.1, -0.05) is 53.2 Å². The number of fused-ring (bicyclic) bond motifs is 2. The second kappa shape index (κ2) is 6.76. The van der Waals surface area contributed by atoms with Crippen molar-refractivity contribution in [3.63, 3.8) is 0 Å². The summed E-state index contributed by atoms with van der Waals surface area (Å²) in [6.45, 7) is 3.95. The average molecular weight is 407 g/mol. The number of hydrogen-bond donors (Lipinski definition) is 0. The van der Waals surface area contributed by atoms with Crippen LogP contribution >= 0.6 is 35.0 Å². The highest BCUT2D eigenvalue weighted by Crippen LogP contribution is 2.35. The molecule has 0 unspecified atom stereocenters. The smallest absolute Gasteiger partial charge is 0.240 e. The molecule has 8 heteroatoms. The van der Waals surface area contributed by atoms with Crippen LogP contribution in [0.4, 0.5) is 5.69 Å². The fraction of sp³-hybridized carbons (Fsp3) is 0.278. The largest absolute Gasteiger partial charge is 0.308 e. The summed E-state index contributed by atoms with van der Waals surface area (Å²) in [5.74, 6) is 0.0531. The van der Waals surface area contributed by atoms with E-state index in [-0.39, 0.29) is 17.2 Å². The van der Waals surface area contributed by atoms with Crippen molar-refractivity contribution in [2.75, 3.05) is 4.90 Å². The molecule has 4 rings (SSSR count). The Morgan fingerprint density at radius 3 is 2.88 bits per heavy atom. The minimum absolute atomic E-state index is 0.0531. The van der Waals surface area contributed by atoms with Crippen molar-refractivity contribution in [3.8, 4) is 0 Å². The quantitative estimate of drug-likeness (QED) is 0.601. The molecule has 134 valence electrons. The van der Waals surface area contributed by atoms with Gasteiger partial charge in [0.1, 0.15) is 0 Å². The molecule has 5 nitrogen and oxygen atoms in total. The Morgan fingerprint density at radius 2 is 2.08 bits per heavy atom. The minimum atomic E-state index is -0.325. The van der Waals surface area contributed by atoms with Crippen LogP contribution in [-0.2, 0) is 11.2 Å². The molecule has 3 heterocycles. The SMILES string of the molecule is C[C@H](Sc1nnc2c(Cl)cc(Cl)cn12)C(=O)N1c2ccccc2C[C@H]1C. The maximum absolute atomic E-state index is 13.1. The number of rotatable bonds is 3. The van der Waals surface area contributed by atoms with E-state index in [1.165, 1.54) is 17.3 Å². The van der Waals surface area contributed by atoms with Gasteiger partial charge >= 0.3 is 0 Å². The molecule has 0 aliphatic carbocycles. The first-order valence-electron chi connectivity index (χ1n) is 8.23. The molecular formula is C18H16Cl2N4OS. The fourth-order valence-electron chi connectivity index (χ4n) is 3.29. The maximum atomic E-state index is 13.1. The van der Waals surface area contributed by atoms with Gasteiger partial charge in [-0.25, -0.2) is 0 Å². The van der Waals surface area contributed by atoms with Crippen LogP contribution in [0.2, 0.25) is 10.0 Å². The van der Waals surface area contributed by atoms with Gasteiger partial charge in [0.15, 0.2) is 10.8 Å². The number of anilines is 1.